The van der Waals surface area contributed by atoms with Crippen LogP contribution in [0.15, 0.2) is 11.1 Å². The van der Waals surface area contributed by atoms with Crippen molar-refractivity contribution in [1.82, 2.24) is 0 Å². The van der Waals surface area contributed by atoms with Gasteiger partial charge in [0.1, 0.15) is 24.1 Å². The van der Waals surface area contributed by atoms with Gasteiger partial charge in [0.15, 0.2) is 0 Å². The maximum atomic E-state index is 13.0. The second kappa shape index (κ2) is 8.63. The minimum atomic E-state index is -0.921. The average Bonchev–Trinajstić information content (AvgIpc) is 3.27. The Bertz CT molecular complexity index is 1060. The third-order valence-electron chi connectivity index (χ3n) is 12.6. The normalized spacial score (nSPS) is 46.5. The fourth-order valence-electron chi connectivity index (χ4n) is 10.4. The third-order valence-corrected chi connectivity index (χ3v) is 12.6. The maximum absolute atomic E-state index is 13.0. The molecule has 0 aromatic heterocycles. The van der Waals surface area contributed by atoms with E-state index in [1.807, 2.05) is 13.8 Å². The lowest BCUT2D eigenvalue weighted by Crippen LogP contribution is -2.68. The molecule has 1 saturated heterocycles. The number of rotatable bonds is 5. The standard InChI is InChI=1S/C32H50O6/c1-17(16-20(37-18(2)33)27-29(5,6)38-27)19-10-14-31(8)23(19)24(35)25(36)26-30(7)13-12-22(34)28(3,4)21(30)11-15-32(26,31)9/h17,20-21,24-27,35-36H,10-16H2,1-9H3/t17-,20+,21+,24+,25+,26+,27-,30+,31+,32+/m1/s1. The molecule has 1 heterocycles. The van der Waals surface area contributed by atoms with Gasteiger partial charge in [0.25, 0.3) is 0 Å². The molecule has 6 nitrogen and oxygen atoms in total. The zero-order chi connectivity index (χ0) is 28.2. The number of carbonyl (C=O) groups is 2. The van der Waals surface area contributed by atoms with E-state index in [2.05, 4.69) is 41.5 Å². The van der Waals surface area contributed by atoms with Gasteiger partial charge >= 0.3 is 5.97 Å². The van der Waals surface area contributed by atoms with Crippen molar-refractivity contribution in [1.29, 1.82) is 0 Å². The maximum Gasteiger partial charge on any atom is 0.302 e. The van der Waals surface area contributed by atoms with Crippen molar-refractivity contribution < 1.29 is 29.3 Å². The summed E-state index contributed by atoms with van der Waals surface area (Å²) in [6, 6.07) is 0. The Morgan fingerprint density at radius 1 is 1.05 bits per heavy atom. The Kier molecular flexibility index (Phi) is 6.43. The van der Waals surface area contributed by atoms with Gasteiger partial charge in [-0.25, -0.2) is 0 Å². The summed E-state index contributed by atoms with van der Waals surface area (Å²) < 4.78 is 11.6. The third kappa shape index (κ3) is 3.75. The molecule has 0 aromatic rings. The second-order valence-electron chi connectivity index (χ2n) is 15.3. The first-order valence-corrected chi connectivity index (χ1v) is 14.9. The van der Waals surface area contributed by atoms with Gasteiger partial charge in [-0.15, -0.1) is 0 Å². The highest BCUT2D eigenvalue weighted by molar-refractivity contribution is 5.85. The molecule has 5 rings (SSSR count). The van der Waals surface area contributed by atoms with Crippen LogP contribution in [-0.4, -0.2) is 52.0 Å². The molecule has 1 aliphatic heterocycles. The number of hydrogen-bond acceptors (Lipinski definition) is 6. The first-order chi connectivity index (χ1) is 17.4. The number of carbonyl (C=O) groups excluding carboxylic acids is 2. The zero-order valence-corrected chi connectivity index (χ0v) is 25.0. The number of ketones is 1. The molecule has 38 heavy (non-hydrogen) atoms. The Labute approximate surface area is 228 Å². The molecule has 5 aliphatic rings. The number of fused-ring (bicyclic) bond motifs is 5. The number of Topliss-reactive ketones (excluding diaryl/α,β-unsaturated/α-hetero) is 1. The van der Waals surface area contributed by atoms with Crippen LogP contribution >= 0.6 is 0 Å². The number of allylic oxidation sites excluding steroid dienone is 1. The average molecular weight is 531 g/mol. The number of aliphatic hydroxyl groups is 2. The van der Waals surface area contributed by atoms with Crippen LogP contribution in [0.5, 0.6) is 0 Å². The molecule has 0 aromatic carbocycles. The van der Waals surface area contributed by atoms with E-state index in [1.54, 1.807) is 0 Å². The van der Waals surface area contributed by atoms with Crippen LogP contribution in [0.4, 0.5) is 0 Å². The molecule has 0 bridgehead atoms. The molecule has 10 atom stereocenters. The lowest BCUT2D eigenvalue weighted by Gasteiger charge is -2.69. The zero-order valence-electron chi connectivity index (χ0n) is 25.0. The number of ether oxygens (including phenoxy) is 2. The summed E-state index contributed by atoms with van der Waals surface area (Å²) in [5.41, 5.74) is 0.931. The summed E-state index contributed by atoms with van der Waals surface area (Å²) >= 11 is 0. The molecule has 0 radical (unpaired) electrons. The molecule has 4 fully saturated rings. The van der Waals surface area contributed by atoms with Crippen LogP contribution in [-0.2, 0) is 19.1 Å². The van der Waals surface area contributed by atoms with Gasteiger partial charge in [0, 0.05) is 18.8 Å². The lowest BCUT2D eigenvalue weighted by atomic mass is 9.35. The van der Waals surface area contributed by atoms with Gasteiger partial charge in [-0.05, 0) is 91.9 Å². The summed E-state index contributed by atoms with van der Waals surface area (Å²) in [5, 5.41) is 23.8. The van der Waals surface area contributed by atoms with Gasteiger partial charge in [-0.3, -0.25) is 9.59 Å². The van der Waals surface area contributed by atoms with Crippen LogP contribution in [0.1, 0.15) is 107 Å². The Hall–Kier alpha value is -1.24. The Balaban J connectivity index is 1.51. The predicted octanol–water partition coefficient (Wildman–Crippen LogP) is 5.38. The van der Waals surface area contributed by atoms with Crippen molar-refractivity contribution in [2.75, 3.05) is 0 Å². The molecule has 0 unspecified atom stereocenters. The van der Waals surface area contributed by atoms with E-state index in [-0.39, 0.29) is 57.8 Å². The van der Waals surface area contributed by atoms with Gasteiger partial charge in [-0.1, -0.05) is 47.1 Å². The minimum absolute atomic E-state index is 0.0750. The molecule has 214 valence electrons. The fourth-order valence-corrected chi connectivity index (χ4v) is 10.4. The van der Waals surface area contributed by atoms with E-state index in [9.17, 15) is 19.8 Å². The lowest BCUT2D eigenvalue weighted by molar-refractivity contribution is -0.227. The first-order valence-electron chi connectivity index (χ1n) is 14.9. The highest BCUT2D eigenvalue weighted by atomic mass is 16.6. The van der Waals surface area contributed by atoms with E-state index in [0.717, 1.165) is 37.7 Å². The van der Waals surface area contributed by atoms with Gasteiger partial charge in [-0.2, -0.15) is 0 Å². The molecule has 4 aliphatic carbocycles. The van der Waals surface area contributed by atoms with E-state index in [4.69, 9.17) is 9.47 Å². The SMILES string of the molecule is CC(=O)O[C@@H](C[C@@H](C)C1=C2[C@H](O)[C@H](O)[C@H]3[C@@]4(C)CCC(=O)C(C)(C)[C@@H]4CC[C@]3(C)[C@@]2(C)CC1)[C@H]1OC1(C)C. The molecule has 0 amide bonds. The van der Waals surface area contributed by atoms with Crippen LogP contribution in [0.3, 0.4) is 0 Å². The van der Waals surface area contributed by atoms with Crippen LogP contribution in [0.25, 0.3) is 0 Å². The predicted molar refractivity (Wildman–Crippen MR) is 145 cm³/mol. The van der Waals surface area contributed by atoms with Gasteiger partial charge < -0.3 is 19.7 Å². The number of esters is 1. The molecule has 0 spiro atoms. The second-order valence-corrected chi connectivity index (χ2v) is 15.3. The van der Waals surface area contributed by atoms with Crippen LogP contribution < -0.4 is 0 Å². The van der Waals surface area contributed by atoms with Crippen molar-refractivity contribution in [3.05, 3.63) is 11.1 Å². The van der Waals surface area contributed by atoms with E-state index in [0.29, 0.717) is 18.6 Å². The summed E-state index contributed by atoms with van der Waals surface area (Å²) in [6.45, 7) is 18.8. The fraction of sp³-hybridized carbons (Fsp3) is 0.875. The molecular formula is C32H50O6. The highest BCUT2D eigenvalue weighted by Gasteiger charge is 2.71. The summed E-state index contributed by atoms with van der Waals surface area (Å²) in [6.07, 6.45) is 3.48. The monoisotopic (exact) mass is 530 g/mol. The Morgan fingerprint density at radius 3 is 2.26 bits per heavy atom. The Morgan fingerprint density at radius 2 is 1.68 bits per heavy atom. The quantitative estimate of drug-likeness (QED) is 0.281. The van der Waals surface area contributed by atoms with Crippen LogP contribution in [0.2, 0.25) is 0 Å². The van der Waals surface area contributed by atoms with Gasteiger partial charge in [0.2, 0.25) is 0 Å². The minimum Gasteiger partial charge on any atom is -0.460 e. The summed E-state index contributed by atoms with van der Waals surface area (Å²) in [5.74, 6) is 0.259. The van der Waals surface area contributed by atoms with Crippen molar-refractivity contribution in [2.24, 2.45) is 39.4 Å². The number of aliphatic hydroxyl groups excluding tert-OH is 2. The van der Waals surface area contributed by atoms with E-state index >= 15 is 0 Å². The molecule has 2 N–H and O–H groups in total. The van der Waals surface area contributed by atoms with Crippen molar-refractivity contribution in [2.45, 2.75) is 137 Å². The molecule has 3 saturated carbocycles. The highest BCUT2D eigenvalue weighted by Crippen LogP contribution is 2.74. The largest absolute Gasteiger partial charge is 0.460 e. The van der Waals surface area contributed by atoms with E-state index in [1.165, 1.54) is 12.5 Å². The molecule has 6 heteroatoms. The number of epoxide rings is 1. The van der Waals surface area contributed by atoms with Crippen molar-refractivity contribution >= 4 is 11.8 Å². The van der Waals surface area contributed by atoms with Crippen molar-refractivity contribution in [3.63, 3.8) is 0 Å². The smallest absolute Gasteiger partial charge is 0.302 e. The van der Waals surface area contributed by atoms with Crippen LogP contribution in [0, 0.1) is 39.4 Å². The first kappa shape index (κ1) is 28.3. The van der Waals surface area contributed by atoms with E-state index < -0.39 is 17.6 Å². The molecular weight excluding hydrogens is 480 g/mol. The topological polar surface area (TPSA) is 96.4 Å². The summed E-state index contributed by atoms with van der Waals surface area (Å²) in [7, 11) is 0. The van der Waals surface area contributed by atoms with Crippen molar-refractivity contribution in [3.8, 4) is 0 Å². The number of hydrogen-bond donors (Lipinski definition) is 2. The van der Waals surface area contributed by atoms with Gasteiger partial charge in [0.05, 0.1) is 11.7 Å². The summed E-state index contributed by atoms with van der Waals surface area (Å²) in [4.78, 5) is 24.9.